The Bertz CT molecular complexity index is 1280. The van der Waals surface area contributed by atoms with Crippen molar-refractivity contribution in [3.8, 4) is 10.6 Å². The van der Waals surface area contributed by atoms with Crippen molar-refractivity contribution in [1.29, 1.82) is 0 Å². The Morgan fingerprint density at radius 2 is 1.82 bits per heavy atom. The van der Waals surface area contributed by atoms with Gasteiger partial charge in [-0.2, -0.15) is 0 Å². The van der Waals surface area contributed by atoms with Crippen molar-refractivity contribution in [2.24, 2.45) is 0 Å². The van der Waals surface area contributed by atoms with E-state index in [4.69, 9.17) is 0 Å². The van der Waals surface area contributed by atoms with Gasteiger partial charge in [-0.3, -0.25) is 4.79 Å². The highest BCUT2D eigenvalue weighted by molar-refractivity contribution is 7.90. The van der Waals surface area contributed by atoms with Crippen LogP contribution >= 0.6 is 11.3 Å². The molecule has 5 nitrogen and oxygen atoms in total. The molecule has 28 heavy (non-hydrogen) atoms. The molecule has 0 saturated carbocycles. The van der Waals surface area contributed by atoms with Crippen LogP contribution in [0.5, 0.6) is 0 Å². The van der Waals surface area contributed by atoms with Crippen LogP contribution < -0.4 is 5.32 Å². The fraction of sp³-hybridized carbons (Fsp3) is 0.0476. The van der Waals surface area contributed by atoms with Crippen LogP contribution in [0.2, 0.25) is 0 Å². The number of benzene rings is 2. The van der Waals surface area contributed by atoms with E-state index in [1.54, 1.807) is 29.5 Å². The molecule has 0 aliphatic carbocycles. The zero-order valence-electron chi connectivity index (χ0n) is 14.9. The number of para-hydroxylation sites is 1. The Kier molecular flexibility index (Phi) is 4.70. The first-order chi connectivity index (χ1) is 13.4. The molecule has 0 fully saturated rings. The summed E-state index contributed by atoms with van der Waals surface area (Å²) in [5.41, 5.74) is 2.36. The number of amides is 1. The number of carbonyl (C=O) groups is 1. The molecule has 0 saturated heterocycles. The molecule has 1 amide bonds. The van der Waals surface area contributed by atoms with Gasteiger partial charge < -0.3 is 5.32 Å². The van der Waals surface area contributed by atoms with E-state index < -0.39 is 9.84 Å². The summed E-state index contributed by atoms with van der Waals surface area (Å²) in [6.07, 6.45) is 1.14. The maximum absolute atomic E-state index is 13.0. The first kappa shape index (κ1) is 18.3. The van der Waals surface area contributed by atoms with Crippen LogP contribution in [0, 0.1) is 0 Å². The molecule has 7 heteroatoms. The van der Waals surface area contributed by atoms with Gasteiger partial charge in [0.05, 0.1) is 26.5 Å². The third-order valence-electron chi connectivity index (χ3n) is 4.25. The summed E-state index contributed by atoms with van der Waals surface area (Å²) < 4.78 is 23.5. The van der Waals surface area contributed by atoms with Crippen molar-refractivity contribution >= 4 is 43.7 Å². The fourth-order valence-electron chi connectivity index (χ4n) is 2.92. The van der Waals surface area contributed by atoms with Crippen molar-refractivity contribution in [2.75, 3.05) is 11.6 Å². The summed E-state index contributed by atoms with van der Waals surface area (Å²) in [5.74, 6) is -0.318. The van der Waals surface area contributed by atoms with Crippen LogP contribution in [-0.2, 0) is 9.84 Å². The highest BCUT2D eigenvalue weighted by atomic mass is 32.2. The zero-order chi connectivity index (χ0) is 19.7. The molecule has 2 aromatic heterocycles. The normalized spacial score (nSPS) is 11.5. The summed E-state index contributed by atoms with van der Waals surface area (Å²) in [6.45, 7) is 0. The first-order valence-corrected chi connectivity index (χ1v) is 11.2. The minimum Gasteiger partial charge on any atom is -0.322 e. The molecule has 0 bridgehead atoms. The van der Waals surface area contributed by atoms with Gasteiger partial charge in [-0.1, -0.05) is 30.3 Å². The van der Waals surface area contributed by atoms with Crippen molar-refractivity contribution in [3.63, 3.8) is 0 Å². The number of rotatable bonds is 4. The minimum atomic E-state index is -3.36. The van der Waals surface area contributed by atoms with Crippen molar-refractivity contribution in [3.05, 3.63) is 77.7 Å². The number of nitrogens with one attached hydrogen (secondary N) is 1. The lowest BCUT2D eigenvalue weighted by molar-refractivity contribution is 0.102. The minimum absolute atomic E-state index is 0.157. The van der Waals surface area contributed by atoms with Gasteiger partial charge in [0.25, 0.3) is 5.91 Å². The van der Waals surface area contributed by atoms with Gasteiger partial charge in [0.2, 0.25) is 0 Å². The molecule has 2 heterocycles. The number of hydrogen-bond donors (Lipinski definition) is 1. The number of hydrogen-bond acceptors (Lipinski definition) is 5. The summed E-state index contributed by atoms with van der Waals surface area (Å²) in [6, 6.07) is 19.3. The second-order valence-corrected chi connectivity index (χ2v) is 9.27. The van der Waals surface area contributed by atoms with Gasteiger partial charge in [0, 0.05) is 17.3 Å². The number of fused-ring (bicyclic) bond motifs is 1. The molecule has 0 atom stereocenters. The molecule has 0 aliphatic rings. The van der Waals surface area contributed by atoms with Crippen molar-refractivity contribution < 1.29 is 13.2 Å². The lowest BCUT2D eigenvalue weighted by atomic mass is 10.1. The van der Waals surface area contributed by atoms with Crippen LogP contribution in [0.1, 0.15) is 10.4 Å². The van der Waals surface area contributed by atoms with E-state index in [1.807, 2.05) is 41.8 Å². The maximum Gasteiger partial charge on any atom is 0.256 e. The van der Waals surface area contributed by atoms with Crippen LogP contribution in [0.4, 0.5) is 5.69 Å². The van der Waals surface area contributed by atoms with Crippen LogP contribution in [-0.4, -0.2) is 25.6 Å². The summed E-state index contributed by atoms with van der Waals surface area (Å²) >= 11 is 1.55. The average Bonchev–Trinajstić information content (AvgIpc) is 3.21. The number of thiophene rings is 1. The van der Waals surface area contributed by atoms with Crippen molar-refractivity contribution in [1.82, 2.24) is 4.98 Å². The van der Waals surface area contributed by atoms with Gasteiger partial charge in [-0.25, -0.2) is 13.4 Å². The second-order valence-electron chi connectivity index (χ2n) is 6.30. The predicted molar refractivity (Wildman–Crippen MR) is 113 cm³/mol. The molecule has 0 radical (unpaired) electrons. The van der Waals surface area contributed by atoms with Gasteiger partial charge >= 0.3 is 0 Å². The monoisotopic (exact) mass is 408 g/mol. The fourth-order valence-corrected chi connectivity index (χ4v) is 4.27. The van der Waals surface area contributed by atoms with E-state index in [0.29, 0.717) is 11.3 Å². The number of nitrogens with zero attached hydrogens (tertiary/aromatic N) is 1. The quantitative estimate of drug-likeness (QED) is 0.535. The predicted octanol–water partition coefficient (Wildman–Crippen LogP) is 4.62. The van der Waals surface area contributed by atoms with E-state index in [9.17, 15) is 13.2 Å². The number of carbonyl (C=O) groups excluding carboxylic acids is 1. The smallest absolute Gasteiger partial charge is 0.256 e. The van der Waals surface area contributed by atoms with Gasteiger partial charge in [-0.05, 0) is 41.8 Å². The van der Waals surface area contributed by atoms with E-state index in [2.05, 4.69) is 10.3 Å². The maximum atomic E-state index is 13.0. The lowest BCUT2D eigenvalue weighted by Gasteiger charge is -2.10. The van der Waals surface area contributed by atoms with E-state index in [1.165, 1.54) is 12.1 Å². The first-order valence-electron chi connectivity index (χ1n) is 8.47. The molecule has 0 spiro atoms. The molecule has 2 aromatic carbocycles. The summed E-state index contributed by atoms with van der Waals surface area (Å²) in [7, 11) is -3.36. The molecule has 140 valence electrons. The van der Waals surface area contributed by atoms with Gasteiger partial charge in [0.15, 0.2) is 9.84 Å². The number of sulfone groups is 1. The average molecular weight is 409 g/mol. The van der Waals surface area contributed by atoms with Gasteiger partial charge in [-0.15, -0.1) is 11.3 Å². The highest BCUT2D eigenvalue weighted by Gasteiger charge is 2.15. The van der Waals surface area contributed by atoms with E-state index >= 15 is 0 Å². The van der Waals surface area contributed by atoms with Crippen molar-refractivity contribution in [2.45, 2.75) is 4.90 Å². The number of anilines is 1. The van der Waals surface area contributed by atoms with Crippen LogP contribution in [0.3, 0.4) is 0 Å². The molecule has 4 aromatic rings. The molecule has 0 aliphatic heterocycles. The Morgan fingerprint density at radius 3 is 2.57 bits per heavy atom. The Morgan fingerprint density at radius 1 is 1.00 bits per heavy atom. The Hall–Kier alpha value is -3.03. The number of pyridine rings is 1. The summed E-state index contributed by atoms with van der Waals surface area (Å²) in [4.78, 5) is 18.8. The lowest BCUT2D eigenvalue weighted by Crippen LogP contribution is -2.13. The largest absolute Gasteiger partial charge is 0.322 e. The van der Waals surface area contributed by atoms with Crippen LogP contribution in [0.15, 0.2) is 77.0 Å². The number of aromatic nitrogens is 1. The van der Waals surface area contributed by atoms with E-state index in [-0.39, 0.29) is 10.8 Å². The second kappa shape index (κ2) is 7.18. The third kappa shape index (κ3) is 3.67. The highest BCUT2D eigenvalue weighted by Crippen LogP contribution is 2.28. The standard InChI is InChI=1S/C21H16N2O3S2/c1-28(25,26)15-7-4-6-14(12-15)22-21(24)17-13-19(20-10-5-11-27-20)23-18-9-3-2-8-16(17)18/h2-13H,1H3,(H,22,24). The molecule has 0 unspecified atom stereocenters. The molecular weight excluding hydrogens is 392 g/mol. The zero-order valence-corrected chi connectivity index (χ0v) is 16.5. The molecule has 1 N–H and O–H groups in total. The molecular formula is C21H16N2O3S2. The van der Waals surface area contributed by atoms with Crippen LogP contribution in [0.25, 0.3) is 21.5 Å². The SMILES string of the molecule is CS(=O)(=O)c1cccc(NC(=O)c2cc(-c3cccs3)nc3ccccc23)c1. The summed E-state index contributed by atoms with van der Waals surface area (Å²) in [5, 5.41) is 5.50. The van der Waals surface area contributed by atoms with Gasteiger partial charge in [0.1, 0.15) is 0 Å². The third-order valence-corrected chi connectivity index (χ3v) is 6.26. The Labute approximate surface area is 166 Å². The Balaban J connectivity index is 1.77. The topological polar surface area (TPSA) is 76.1 Å². The van der Waals surface area contributed by atoms with E-state index in [0.717, 1.165) is 27.7 Å². The molecule has 4 rings (SSSR count).